The Morgan fingerprint density at radius 2 is 2.29 bits per heavy atom. The van der Waals surface area contributed by atoms with E-state index in [0.717, 1.165) is 0 Å². The molecule has 0 aliphatic carbocycles. The highest BCUT2D eigenvalue weighted by Crippen LogP contribution is 2.25. The Morgan fingerprint density at radius 3 is 2.76 bits per heavy atom. The van der Waals surface area contributed by atoms with Crippen molar-refractivity contribution in [2.45, 2.75) is 19.9 Å². The first kappa shape index (κ1) is 13.7. The summed E-state index contributed by atoms with van der Waals surface area (Å²) >= 11 is 3.33. The summed E-state index contributed by atoms with van der Waals surface area (Å²) in [5, 5.41) is 0. The summed E-state index contributed by atoms with van der Waals surface area (Å²) in [4.78, 5) is 20.9. The van der Waals surface area contributed by atoms with E-state index in [9.17, 15) is 4.79 Å². The van der Waals surface area contributed by atoms with Gasteiger partial charge < -0.3 is 10.6 Å². The van der Waals surface area contributed by atoms with E-state index in [-0.39, 0.29) is 18.5 Å². The SMILES string of the molecule is CC(C)N(CC(N)=O)c1nc(NN)ncc1Br. The van der Waals surface area contributed by atoms with Gasteiger partial charge in [-0.25, -0.2) is 10.8 Å². The maximum absolute atomic E-state index is 11.0. The largest absolute Gasteiger partial charge is 0.368 e. The van der Waals surface area contributed by atoms with E-state index in [2.05, 4.69) is 31.3 Å². The molecule has 0 aromatic carbocycles. The van der Waals surface area contributed by atoms with Crippen LogP contribution in [0.15, 0.2) is 10.7 Å². The number of nitrogen functional groups attached to an aromatic ring is 1. The third-order valence-corrected chi connectivity index (χ3v) is 2.64. The Balaban J connectivity index is 3.12. The van der Waals surface area contributed by atoms with Crippen molar-refractivity contribution in [1.29, 1.82) is 0 Å². The van der Waals surface area contributed by atoms with Crippen molar-refractivity contribution in [2.24, 2.45) is 11.6 Å². The van der Waals surface area contributed by atoms with Crippen molar-refractivity contribution in [1.82, 2.24) is 9.97 Å². The second kappa shape index (κ2) is 5.78. The lowest BCUT2D eigenvalue weighted by Crippen LogP contribution is -2.39. The molecule has 5 N–H and O–H groups in total. The van der Waals surface area contributed by atoms with Gasteiger partial charge in [0.05, 0.1) is 11.0 Å². The van der Waals surface area contributed by atoms with Crippen LogP contribution in [0.3, 0.4) is 0 Å². The number of hydrogen-bond donors (Lipinski definition) is 3. The summed E-state index contributed by atoms with van der Waals surface area (Å²) < 4.78 is 0.673. The normalized spacial score (nSPS) is 10.4. The summed E-state index contributed by atoms with van der Waals surface area (Å²) in [6, 6.07) is 0.0688. The van der Waals surface area contributed by atoms with Gasteiger partial charge in [0.25, 0.3) is 0 Å². The molecule has 0 fully saturated rings. The van der Waals surface area contributed by atoms with Gasteiger partial charge in [0.1, 0.15) is 5.82 Å². The Kier molecular flexibility index (Phi) is 4.64. The van der Waals surface area contributed by atoms with Crippen LogP contribution in [0.25, 0.3) is 0 Å². The molecule has 1 rings (SSSR count). The van der Waals surface area contributed by atoms with Crippen LogP contribution < -0.4 is 21.9 Å². The summed E-state index contributed by atoms with van der Waals surface area (Å²) in [6.45, 7) is 3.96. The van der Waals surface area contributed by atoms with E-state index in [1.165, 1.54) is 0 Å². The van der Waals surface area contributed by atoms with Crippen LogP contribution in [0.2, 0.25) is 0 Å². The second-order valence-corrected chi connectivity index (χ2v) is 4.55. The van der Waals surface area contributed by atoms with E-state index in [1.54, 1.807) is 11.1 Å². The number of aromatic nitrogens is 2. The second-order valence-electron chi connectivity index (χ2n) is 3.70. The number of amides is 1. The average Bonchev–Trinajstić information content (AvgIpc) is 2.26. The van der Waals surface area contributed by atoms with E-state index < -0.39 is 5.91 Å². The Labute approximate surface area is 108 Å². The molecule has 7 nitrogen and oxygen atoms in total. The van der Waals surface area contributed by atoms with E-state index in [0.29, 0.717) is 10.3 Å². The topological polar surface area (TPSA) is 110 Å². The Hall–Kier alpha value is -1.41. The number of carbonyl (C=O) groups excluding carboxylic acids is 1. The molecule has 0 bridgehead atoms. The third kappa shape index (κ3) is 3.53. The van der Waals surface area contributed by atoms with Crippen molar-refractivity contribution in [3.63, 3.8) is 0 Å². The van der Waals surface area contributed by atoms with Crippen molar-refractivity contribution in [3.05, 3.63) is 10.7 Å². The van der Waals surface area contributed by atoms with Gasteiger partial charge in [-0.2, -0.15) is 4.98 Å². The van der Waals surface area contributed by atoms with Crippen LogP contribution >= 0.6 is 15.9 Å². The molecular weight excluding hydrogens is 288 g/mol. The van der Waals surface area contributed by atoms with Crippen molar-refractivity contribution in [2.75, 3.05) is 16.9 Å². The number of nitrogens with one attached hydrogen (secondary N) is 1. The van der Waals surface area contributed by atoms with Crippen LogP contribution in [0.4, 0.5) is 11.8 Å². The van der Waals surface area contributed by atoms with Gasteiger partial charge in [0, 0.05) is 12.2 Å². The Morgan fingerprint density at radius 1 is 1.65 bits per heavy atom. The summed E-state index contributed by atoms with van der Waals surface area (Å²) in [5.41, 5.74) is 7.57. The molecular formula is C9H15BrN6O. The highest BCUT2D eigenvalue weighted by molar-refractivity contribution is 9.10. The van der Waals surface area contributed by atoms with Crippen molar-refractivity contribution >= 4 is 33.6 Å². The maximum atomic E-state index is 11.0. The maximum Gasteiger partial charge on any atom is 0.239 e. The van der Waals surface area contributed by atoms with Gasteiger partial charge in [-0.15, -0.1) is 0 Å². The number of primary amides is 1. The third-order valence-electron chi connectivity index (χ3n) is 2.08. The van der Waals surface area contributed by atoms with Crippen molar-refractivity contribution in [3.8, 4) is 0 Å². The number of halogens is 1. The molecule has 1 amide bonds. The first-order valence-electron chi connectivity index (χ1n) is 4.99. The van der Waals surface area contributed by atoms with Gasteiger partial charge in [-0.3, -0.25) is 10.2 Å². The Bertz CT molecular complexity index is 410. The molecule has 0 unspecified atom stereocenters. The molecule has 1 heterocycles. The number of nitrogens with two attached hydrogens (primary N) is 2. The van der Waals surface area contributed by atoms with Gasteiger partial charge in [-0.05, 0) is 29.8 Å². The van der Waals surface area contributed by atoms with Crippen LogP contribution in [0, 0.1) is 0 Å². The number of carbonyl (C=O) groups is 1. The highest BCUT2D eigenvalue weighted by atomic mass is 79.9. The first-order chi connectivity index (χ1) is 7.95. The lowest BCUT2D eigenvalue weighted by molar-refractivity contribution is -0.116. The molecule has 0 saturated heterocycles. The number of rotatable bonds is 5. The minimum absolute atomic E-state index is 0.0688. The number of nitrogens with zero attached hydrogens (tertiary/aromatic N) is 3. The average molecular weight is 303 g/mol. The fourth-order valence-electron chi connectivity index (χ4n) is 1.30. The monoisotopic (exact) mass is 302 g/mol. The zero-order valence-electron chi connectivity index (χ0n) is 9.64. The number of hydrogen-bond acceptors (Lipinski definition) is 6. The smallest absolute Gasteiger partial charge is 0.239 e. The van der Waals surface area contributed by atoms with Crippen LogP contribution in [-0.4, -0.2) is 28.5 Å². The molecule has 1 aromatic rings. The predicted molar refractivity (Wildman–Crippen MR) is 69.2 cm³/mol. The van der Waals surface area contributed by atoms with Crippen LogP contribution in [-0.2, 0) is 4.79 Å². The van der Waals surface area contributed by atoms with Crippen LogP contribution in [0.1, 0.15) is 13.8 Å². The van der Waals surface area contributed by atoms with Gasteiger partial charge in [0.2, 0.25) is 11.9 Å². The van der Waals surface area contributed by atoms with E-state index in [1.807, 2.05) is 13.8 Å². The zero-order valence-corrected chi connectivity index (χ0v) is 11.2. The van der Waals surface area contributed by atoms with Gasteiger partial charge in [-0.1, -0.05) is 0 Å². The quantitative estimate of drug-likeness (QED) is 0.530. The zero-order chi connectivity index (χ0) is 13.0. The molecule has 94 valence electrons. The number of anilines is 2. The minimum atomic E-state index is -0.425. The lowest BCUT2D eigenvalue weighted by atomic mass is 10.3. The van der Waals surface area contributed by atoms with E-state index in [4.69, 9.17) is 11.6 Å². The summed E-state index contributed by atoms with van der Waals surface area (Å²) in [7, 11) is 0. The summed E-state index contributed by atoms with van der Waals surface area (Å²) in [6.07, 6.45) is 1.56. The molecule has 0 saturated carbocycles. The molecule has 0 radical (unpaired) electrons. The van der Waals surface area contributed by atoms with Gasteiger partial charge in [0.15, 0.2) is 0 Å². The molecule has 0 spiro atoms. The highest BCUT2D eigenvalue weighted by Gasteiger charge is 2.18. The standard InChI is InChI=1S/C9H15BrN6O/c1-5(2)16(4-7(11)17)8-6(10)3-13-9(14-8)15-12/h3,5H,4,12H2,1-2H3,(H2,11,17)(H,13,14,15). The molecule has 8 heteroatoms. The molecule has 0 aliphatic heterocycles. The number of hydrazine groups is 1. The molecule has 1 aromatic heterocycles. The fourth-order valence-corrected chi connectivity index (χ4v) is 1.72. The molecule has 0 aliphatic rings. The molecule has 0 atom stereocenters. The minimum Gasteiger partial charge on any atom is -0.368 e. The van der Waals surface area contributed by atoms with Gasteiger partial charge >= 0.3 is 0 Å². The van der Waals surface area contributed by atoms with Crippen LogP contribution in [0.5, 0.6) is 0 Å². The van der Waals surface area contributed by atoms with E-state index >= 15 is 0 Å². The predicted octanol–water partition coefficient (Wildman–Crippen LogP) is 0.225. The summed E-state index contributed by atoms with van der Waals surface area (Å²) in [5.74, 6) is 5.67. The molecule has 17 heavy (non-hydrogen) atoms. The first-order valence-corrected chi connectivity index (χ1v) is 5.79. The lowest BCUT2D eigenvalue weighted by Gasteiger charge is -2.27. The fraction of sp³-hybridized carbons (Fsp3) is 0.444. The van der Waals surface area contributed by atoms with Crippen molar-refractivity contribution < 1.29 is 4.79 Å².